The lowest BCUT2D eigenvalue weighted by molar-refractivity contribution is -0.139. The molecule has 1 aromatic heterocycles. The van der Waals surface area contributed by atoms with Gasteiger partial charge < -0.3 is 14.2 Å². The lowest BCUT2D eigenvalue weighted by Gasteiger charge is -2.39. The van der Waals surface area contributed by atoms with E-state index in [1.807, 2.05) is 29.7 Å². The van der Waals surface area contributed by atoms with E-state index in [0.29, 0.717) is 24.9 Å². The van der Waals surface area contributed by atoms with Crippen LogP contribution in [0.4, 0.5) is 0 Å². The maximum Gasteiger partial charge on any atom is 0.254 e. The number of hydrogen-bond acceptors (Lipinski definition) is 5. The van der Waals surface area contributed by atoms with E-state index in [4.69, 9.17) is 4.74 Å². The molecular formula is C25H33N3O5S. The van der Waals surface area contributed by atoms with E-state index in [0.717, 1.165) is 24.1 Å². The Balaban J connectivity index is 1.22. The van der Waals surface area contributed by atoms with Crippen molar-refractivity contribution in [2.24, 2.45) is 0 Å². The molecule has 0 spiro atoms. The van der Waals surface area contributed by atoms with Gasteiger partial charge in [0.15, 0.2) is 0 Å². The van der Waals surface area contributed by atoms with Crippen LogP contribution in [0.15, 0.2) is 46.1 Å². The van der Waals surface area contributed by atoms with Crippen molar-refractivity contribution < 1.29 is 17.9 Å². The molecule has 2 fully saturated rings. The van der Waals surface area contributed by atoms with Gasteiger partial charge in [0.25, 0.3) is 5.56 Å². The van der Waals surface area contributed by atoms with Crippen LogP contribution in [0.25, 0.3) is 0 Å². The number of aryl methyl sites for hydroxylation is 1. The van der Waals surface area contributed by atoms with Crippen molar-refractivity contribution in [3.63, 3.8) is 0 Å². The number of ether oxygens (including phenoxy) is 1. The summed E-state index contributed by atoms with van der Waals surface area (Å²) in [6.07, 6.45) is 1.99. The van der Waals surface area contributed by atoms with Crippen LogP contribution in [0, 0.1) is 6.92 Å². The van der Waals surface area contributed by atoms with Crippen molar-refractivity contribution in [3.8, 4) is 5.75 Å². The van der Waals surface area contributed by atoms with E-state index < -0.39 is 10.0 Å². The molecule has 1 saturated heterocycles. The van der Waals surface area contributed by atoms with Gasteiger partial charge in [0.05, 0.1) is 18.0 Å². The van der Waals surface area contributed by atoms with Crippen LogP contribution < -0.4 is 15.0 Å². The number of benzene rings is 1. The van der Waals surface area contributed by atoms with Gasteiger partial charge in [-0.2, -0.15) is 0 Å². The van der Waals surface area contributed by atoms with Crippen LogP contribution >= 0.6 is 0 Å². The highest BCUT2D eigenvalue weighted by Crippen LogP contribution is 2.35. The first kappa shape index (κ1) is 24.5. The summed E-state index contributed by atoms with van der Waals surface area (Å²) in [6, 6.07) is 10.5. The summed E-state index contributed by atoms with van der Waals surface area (Å²) in [5.74, 6) is 0.396. The standard InChI is InChI=1S/C25H33N3O5S/c1-17-13-20(14-24(30)28(17)19-7-8-19)33-21-15-27(16-21)23(29)11-12-26-34(31,32)22-9-5-18(6-10-22)25(2,3)4/h5-6,9-10,13-14,19,21,26H,7-8,11-12,15-16H2,1-4H3. The van der Waals surface area contributed by atoms with E-state index in [9.17, 15) is 18.0 Å². The Morgan fingerprint density at radius 2 is 1.76 bits per heavy atom. The van der Waals surface area contributed by atoms with E-state index in [2.05, 4.69) is 25.5 Å². The number of amides is 1. The molecule has 34 heavy (non-hydrogen) atoms. The summed E-state index contributed by atoms with van der Waals surface area (Å²) >= 11 is 0. The van der Waals surface area contributed by atoms with Gasteiger partial charge in [-0.05, 0) is 48.9 Å². The van der Waals surface area contributed by atoms with Gasteiger partial charge in [0.1, 0.15) is 11.9 Å². The third kappa shape index (κ3) is 5.52. The van der Waals surface area contributed by atoms with Gasteiger partial charge >= 0.3 is 0 Å². The molecule has 1 aromatic carbocycles. The Morgan fingerprint density at radius 3 is 2.32 bits per heavy atom. The average Bonchev–Trinajstić information content (AvgIpc) is 3.54. The smallest absolute Gasteiger partial charge is 0.254 e. The van der Waals surface area contributed by atoms with Gasteiger partial charge in [0, 0.05) is 30.8 Å². The molecule has 1 N–H and O–H groups in total. The maximum absolute atomic E-state index is 12.5. The Hall–Kier alpha value is -2.65. The van der Waals surface area contributed by atoms with Gasteiger partial charge in [-0.3, -0.25) is 9.59 Å². The predicted octanol–water partition coefficient (Wildman–Crippen LogP) is 2.75. The number of sulfonamides is 1. The molecule has 2 aromatic rings. The van der Waals surface area contributed by atoms with Crippen LogP contribution in [-0.4, -0.2) is 49.5 Å². The number of pyridine rings is 1. The van der Waals surface area contributed by atoms with Crippen molar-refractivity contribution in [1.82, 2.24) is 14.2 Å². The molecule has 0 radical (unpaired) electrons. The van der Waals surface area contributed by atoms with Crippen molar-refractivity contribution in [1.29, 1.82) is 0 Å². The number of nitrogens with zero attached hydrogens (tertiary/aromatic N) is 2. The molecule has 4 rings (SSSR count). The van der Waals surface area contributed by atoms with E-state index >= 15 is 0 Å². The number of hydrogen-bond donors (Lipinski definition) is 1. The number of carbonyl (C=O) groups is 1. The molecule has 0 bridgehead atoms. The molecule has 0 unspecified atom stereocenters. The van der Waals surface area contributed by atoms with Gasteiger partial charge in [-0.15, -0.1) is 0 Å². The van der Waals surface area contributed by atoms with Crippen LogP contribution in [0.5, 0.6) is 5.75 Å². The number of rotatable bonds is 8. The molecule has 2 heterocycles. The third-order valence-corrected chi connectivity index (χ3v) is 7.79. The molecule has 0 atom stereocenters. The molecule has 1 saturated carbocycles. The highest BCUT2D eigenvalue weighted by atomic mass is 32.2. The lowest BCUT2D eigenvalue weighted by Crippen LogP contribution is -2.56. The molecule has 2 aliphatic rings. The van der Waals surface area contributed by atoms with Crippen molar-refractivity contribution in [2.45, 2.75) is 69.4 Å². The van der Waals surface area contributed by atoms with E-state index in [-0.39, 0.29) is 40.8 Å². The third-order valence-electron chi connectivity index (χ3n) is 6.31. The van der Waals surface area contributed by atoms with Crippen molar-refractivity contribution in [3.05, 3.63) is 58.0 Å². The summed E-state index contributed by atoms with van der Waals surface area (Å²) in [5, 5.41) is 0. The summed E-state index contributed by atoms with van der Waals surface area (Å²) in [6.45, 7) is 8.98. The lowest BCUT2D eigenvalue weighted by atomic mass is 9.87. The molecule has 184 valence electrons. The average molecular weight is 488 g/mol. The second kappa shape index (κ2) is 9.19. The van der Waals surface area contributed by atoms with Gasteiger partial charge in [-0.25, -0.2) is 13.1 Å². The Bertz CT molecular complexity index is 1220. The minimum absolute atomic E-state index is 0.0306. The quantitative estimate of drug-likeness (QED) is 0.618. The summed E-state index contributed by atoms with van der Waals surface area (Å²) in [4.78, 5) is 26.6. The number of carbonyl (C=O) groups excluding carboxylic acids is 1. The number of aromatic nitrogens is 1. The van der Waals surface area contributed by atoms with Crippen LogP contribution in [0.3, 0.4) is 0 Å². The second-order valence-corrected chi connectivity index (χ2v) is 12.0. The summed E-state index contributed by atoms with van der Waals surface area (Å²) in [7, 11) is -3.67. The van der Waals surface area contributed by atoms with Crippen molar-refractivity contribution in [2.75, 3.05) is 19.6 Å². The number of nitrogens with one attached hydrogen (secondary N) is 1. The first-order chi connectivity index (χ1) is 15.9. The first-order valence-corrected chi connectivity index (χ1v) is 13.2. The first-order valence-electron chi connectivity index (χ1n) is 11.7. The molecular weight excluding hydrogens is 454 g/mol. The minimum atomic E-state index is -3.67. The van der Waals surface area contributed by atoms with Crippen molar-refractivity contribution >= 4 is 15.9 Å². The molecule has 1 aliphatic carbocycles. The Morgan fingerprint density at radius 1 is 1.12 bits per heavy atom. The molecule has 8 nitrogen and oxygen atoms in total. The van der Waals surface area contributed by atoms with Gasteiger partial charge in [0.2, 0.25) is 15.9 Å². The Kier molecular flexibility index (Phi) is 6.61. The zero-order chi connectivity index (χ0) is 24.7. The summed E-state index contributed by atoms with van der Waals surface area (Å²) in [5.41, 5.74) is 1.83. The zero-order valence-electron chi connectivity index (χ0n) is 20.2. The van der Waals surface area contributed by atoms with Gasteiger partial charge in [-0.1, -0.05) is 32.9 Å². The second-order valence-electron chi connectivity index (χ2n) is 10.2. The van der Waals surface area contributed by atoms with E-state index in [1.54, 1.807) is 17.0 Å². The highest BCUT2D eigenvalue weighted by Gasteiger charge is 2.33. The molecule has 9 heteroatoms. The minimum Gasteiger partial charge on any atom is -0.486 e. The van der Waals surface area contributed by atoms with E-state index in [1.165, 1.54) is 6.07 Å². The van der Waals surface area contributed by atoms with Crippen LogP contribution in [0.2, 0.25) is 0 Å². The normalized spacial score (nSPS) is 16.9. The molecule has 1 amide bonds. The SMILES string of the molecule is Cc1cc(OC2CN(C(=O)CCNS(=O)(=O)c3ccc(C(C)(C)C)cc3)C2)cc(=O)n1C1CC1. The number of likely N-dealkylation sites (tertiary alicyclic amines) is 1. The van der Waals surface area contributed by atoms with Crippen LogP contribution in [-0.2, 0) is 20.2 Å². The molecule has 1 aliphatic heterocycles. The largest absolute Gasteiger partial charge is 0.486 e. The predicted molar refractivity (Wildman–Crippen MR) is 130 cm³/mol. The highest BCUT2D eigenvalue weighted by molar-refractivity contribution is 7.89. The Labute approximate surface area is 201 Å². The summed E-state index contributed by atoms with van der Waals surface area (Å²) < 4.78 is 35.2. The topological polar surface area (TPSA) is 97.7 Å². The monoisotopic (exact) mass is 487 g/mol. The fourth-order valence-corrected chi connectivity index (χ4v) is 5.16. The zero-order valence-corrected chi connectivity index (χ0v) is 21.0. The van der Waals surface area contributed by atoms with Crippen LogP contribution in [0.1, 0.15) is 57.3 Å². The maximum atomic E-state index is 12.5. The fraction of sp³-hybridized carbons (Fsp3) is 0.520. The fourth-order valence-electron chi connectivity index (χ4n) is 4.13.